The lowest BCUT2D eigenvalue weighted by Gasteiger charge is -2.36. The lowest BCUT2D eigenvalue weighted by Crippen LogP contribution is -2.57. The monoisotopic (exact) mass is 611 g/mol. The number of nitrogens with one attached hydrogen (secondary N) is 3. The molecular formula is C32H45N5O7. The number of amides is 3. The molecule has 2 fully saturated rings. The van der Waals surface area contributed by atoms with Crippen molar-refractivity contribution < 1.29 is 33.9 Å². The molecule has 1 aromatic carbocycles. The number of unbranched alkanes of at least 4 members (excludes halogenated alkanes) is 1. The lowest BCUT2D eigenvalue weighted by molar-refractivity contribution is -0.137. The average molecular weight is 612 g/mol. The number of aromatic nitrogens is 1. The molecule has 44 heavy (non-hydrogen) atoms. The summed E-state index contributed by atoms with van der Waals surface area (Å²) >= 11 is 0. The summed E-state index contributed by atoms with van der Waals surface area (Å²) in [5.74, 6) is -2.62. The molecule has 0 radical (unpaired) electrons. The van der Waals surface area contributed by atoms with Crippen LogP contribution in [0, 0.1) is 5.92 Å². The van der Waals surface area contributed by atoms with Gasteiger partial charge in [0.05, 0.1) is 24.1 Å². The van der Waals surface area contributed by atoms with Crippen molar-refractivity contribution >= 4 is 40.4 Å². The lowest BCUT2D eigenvalue weighted by atomic mass is 9.93. The van der Waals surface area contributed by atoms with Gasteiger partial charge >= 0.3 is 5.97 Å². The van der Waals surface area contributed by atoms with Gasteiger partial charge < -0.3 is 25.9 Å². The summed E-state index contributed by atoms with van der Waals surface area (Å²) in [6.07, 6.45) is 5.65. The maximum absolute atomic E-state index is 14.0. The second-order valence-corrected chi connectivity index (χ2v) is 12.0. The number of ketones is 1. The summed E-state index contributed by atoms with van der Waals surface area (Å²) in [4.78, 5) is 73.5. The summed E-state index contributed by atoms with van der Waals surface area (Å²) in [7, 11) is 1.54. The van der Waals surface area contributed by atoms with Gasteiger partial charge in [0.25, 0.3) is 0 Å². The van der Waals surface area contributed by atoms with E-state index in [1.165, 1.54) is 7.11 Å². The van der Waals surface area contributed by atoms with Crippen LogP contribution < -0.4 is 20.8 Å². The highest BCUT2D eigenvalue weighted by molar-refractivity contribution is 5.97. The molecule has 2 aliphatic heterocycles. The van der Waals surface area contributed by atoms with Crippen LogP contribution in [0.1, 0.15) is 70.8 Å². The summed E-state index contributed by atoms with van der Waals surface area (Å²) in [6, 6.07) is 4.16. The highest BCUT2D eigenvalue weighted by Gasteiger charge is 2.37. The predicted molar refractivity (Wildman–Crippen MR) is 164 cm³/mol. The van der Waals surface area contributed by atoms with E-state index in [0.29, 0.717) is 32.2 Å². The number of carbonyl (C=O) groups is 5. The van der Waals surface area contributed by atoms with E-state index >= 15 is 0 Å². The number of Topliss-reactive ketones (excluding diaryl/α,β-unsaturated/α-hetero) is 1. The van der Waals surface area contributed by atoms with Crippen molar-refractivity contribution in [2.45, 2.75) is 95.8 Å². The Labute approximate surface area is 257 Å². The smallest absolute Gasteiger partial charge is 0.303 e. The molecule has 0 saturated carbocycles. The van der Waals surface area contributed by atoms with Crippen LogP contribution in [0.5, 0.6) is 0 Å². The Morgan fingerprint density at radius 2 is 1.75 bits per heavy atom. The number of carboxylic acids is 1. The molecule has 0 aliphatic carbocycles. The third-order valence-electron chi connectivity index (χ3n) is 8.91. The van der Waals surface area contributed by atoms with Crippen molar-refractivity contribution in [1.82, 2.24) is 25.6 Å². The largest absolute Gasteiger partial charge is 0.481 e. The second kappa shape index (κ2) is 15.2. The fraction of sp³-hybridized carbons (Fsp3) is 0.594. The molecule has 3 amide bonds. The van der Waals surface area contributed by atoms with Gasteiger partial charge in [-0.05, 0) is 49.8 Å². The SMILES string of the molecule is CC[C@H](C)[C@@H]1NC(=O)[C@H](Cc2cn(OC)c3ccccc23)NC(=O)[C@H](CCCCC(=O)O)NC(=O)[C@H]2CCCCN2CC1=O. The van der Waals surface area contributed by atoms with Crippen molar-refractivity contribution in [3.05, 3.63) is 36.0 Å². The number of fused-ring (bicyclic) bond motifs is 2. The van der Waals surface area contributed by atoms with Gasteiger partial charge in [-0.15, -0.1) is 0 Å². The van der Waals surface area contributed by atoms with Gasteiger partial charge in [0.15, 0.2) is 5.78 Å². The summed E-state index contributed by atoms with van der Waals surface area (Å²) < 4.78 is 1.59. The molecule has 3 heterocycles. The van der Waals surface area contributed by atoms with Crippen molar-refractivity contribution in [3.63, 3.8) is 0 Å². The van der Waals surface area contributed by atoms with E-state index in [-0.39, 0.29) is 43.4 Å². The quantitative estimate of drug-likeness (QED) is 0.296. The van der Waals surface area contributed by atoms with Gasteiger partial charge in [0.2, 0.25) is 17.7 Å². The van der Waals surface area contributed by atoms with Gasteiger partial charge in [-0.3, -0.25) is 28.9 Å². The predicted octanol–water partition coefficient (Wildman–Crippen LogP) is 1.82. The van der Waals surface area contributed by atoms with Crippen molar-refractivity contribution in [2.75, 3.05) is 20.2 Å². The Balaban J connectivity index is 1.70. The fourth-order valence-electron chi connectivity index (χ4n) is 6.20. The fourth-order valence-corrected chi connectivity index (χ4v) is 6.20. The molecule has 0 spiro atoms. The third kappa shape index (κ3) is 7.96. The molecule has 4 N–H and O–H groups in total. The van der Waals surface area contributed by atoms with E-state index < -0.39 is 42.0 Å². The highest BCUT2D eigenvalue weighted by atomic mass is 16.6. The summed E-state index contributed by atoms with van der Waals surface area (Å²) in [5, 5.41) is 18.6. The first-order chi connectivity index (χ1) is 21.1. The number of hydrogen-bond donors (Lipinski definition) is 4. The zero-order valence-corrected chi connectivity index (χ0v) is 25.8. The Kier molecular flexibility index (Phi) is 11.4. The number of carbonyl (C=O) groups excluding carboxylic acids is 4. The number of nitrogens with zero attached hydrogens (tertiary/aromatic N) is 2. The topological polar surface area (TPSA) is 159 Å². The molecule has 240 valence electrons. The summed E-state index contributed by atoms with van der Waals surface area (Å²) in [6.45, 7) is 4.45. The second-order valence-electron chi connectivity index (χ2n) is 12.0. The molecule has 2 aromatic rings. The van der Waals surface area contributed by atoms with Crippen LogP contribution in [0.2, 0.25) is 0 Å². The first kappa shape index (κ1) is 33.0. The van der Waals surface area contributed by atoms with Gasteiger partial charge in [-0.1, -0.05) is 51.3 Å². The number of benzene rings is 1. The van der Waals surface area contributed by atoms with Crippen LogP contribution in [0.15, 0.2) is 30.5 Å². The maximum atomic E-state index is 14.0. The van der Waals surface area contributed by atoms with Gasteiger partial charge in [0.1, 0.15) is 19.2 Å². The third-order valence-corrected chi connectivity index (χ3v) is 8.91. The number of para-hydroxylation sites is 1. The molecule has 0 bridgehead atoms. The Morgan fingerprint density at radius 1 is 1.02 bits per heavy atom. The molecule has 12 nitrogen and oxygen atoms in total. The van der Waals surface area contributed by atoms with Crippen LogP contribution in [0.25, 0.3) is 10.9 Å². The molecule has 0 unspecified atom stereocenters. The van der Waals surface area contributed by atoms with Crippen molar-refractivity contribution in [3.8, 4) is 0 Å². The summed E-state index contributed by atoms with van der Waals surface area (Å²) in [5.41, 5.74) is 1.56. The number of hydrogen-bond acceptors (Lipinski definition) is 7. The zero-order valence-electron chi connectivity index (χ0n) is 25.8. The van der Waals surface area contributed by atoms with Crippen molar-refractivity contribution in [1.29, 1.82) is 0 Å². The number of rotatable bonds is 10. The molecule has 2 saturated heterocycles. The van der Waals surface area contributed by atoms with Crippen LogP contribution in [-0.4, -0.2) is 88.6 Å². The van der Waals surface area contributed by atoms with E-state index in [4.69, 9.17) is 9.94 Å². The Hall–Kier alpha value is -3.93. The molecular weight excluding hydrogens is 566 g/mol. The minimum atomic E-state index is -1.06. The normalized spacial score (nSPS) is 24.6. The highest BCUT2D eigenvalue weighted by Crippen LogP contribution is 2.23. The van der Waals surface area contributed by atoms with Crippen LogP contribution in [0.4, 0.5) is 0 Å². The van der Waals surface area contributed by atoms with Crippen LogP contribution in [0.3, 0.4) is 0 Å². The molecule has 4 rings (SSSR count). The standard InChI is InChI=1S/C32H45N5O7/c1-4-20(2)29-27(38)19-36-16-10-9-14-26(36)32(43)33-23(12-6-8-15-28(39)40)30(41)34-24(31(42)35-29)17-21-18-37(44-3)25-13-7-5-11-22(21)25/h5,7,11,13,18,20,23-24,26,29H,4,6,8-10,12,14-17,19H2,1-3H3,(H,33,43)(H,34,41)(H,35,42)(H,39,40)/t20-,23-,24-,26+,29-/m0/s1. The van der Waals surface area contributed by atoms with E-state index in [9.17, 15) is 24.0 Å². The molecule has 12 heteroatoms. The minimum absolute atomic E-state index is 0.0179. The average Bonchev–Trinajstić information content (AvgIpc) is 3.37. The molecule has 1 aromatic heterocycles. The number of piperidine rings is 1. The maximum Gasteiger partial charge on any atom is 0.303 e. The molecule has 2 aliphatic rings. The minimum Gasteiger partial charge on any atom is -0.481 e. The van der Waals surface area contributed by atoms with Crippen molar-refractivity contribution in [2.24, 2.45) is 5.92 Å². The van der Waals surface area contributed by atoms with Gasteiger partial charge in [0, 0.05) is 24.4 Å². The van der Waals surface area contributed by atoms with E-state index in [0.717, 1.165) is 29.3 Å². The zero-order chi connectivity index (χ0) is 31.8. The van der Waals surface area contributed by atoms with E-state index in [1.807, 2.05) is 43.0 Å². The first-order valence-electron chi connectivity index (χ1n) is 15.7. The van der Waals surface area contributed by atoms with E-state index in [1.54, 1.807) is 10.9 Å². The number of aliphatic carboxylic acids is 1. The van der Waals surface area contributed by atoms with Crippen LogP contribution in [-0.2, 0) is 30.4 Å². The number of carboxylic acid groups (broad SMARTS) is 1. The first-order valence-corrected chi connectivity index (χ1v) is 15.7. The Bertz CT molecular complexity index is 1360. The van der Waals surface area contributed by atoms with Crippen LogP contribution >= 0.6 is 0 Å². The van der Waals surface area contributed by atoms with Gasteiger partial charge in [-0.25, -0.2) is 0 Å². The van der Waals surface area contributed by atoms with E-state index in [2.05, 4.69) is 16.0 Å². The van der Waals surface area contributed by atoms with Gasteiger partial charge in [-0.2, -0.15) is 4.73 Å². The molecule has 5 atom stereocenters. The Morgan fingerprint density at radius 3 is 2.48 bits per heavy atom.